The van der Waals surface area contributed by atoms with Crippen LogP contribution in [-0.4, -0.2) is 37.2 Å². The van der Waals surface area contributed by atoms with Gasteiger partial charge in [0.05, 0.1) is 9.75 Å². The van der Waals surface area contributed by atoms with Crippen LogP contribution in [0, 0.1) is 0 Å². The van der Waals surface area contributed by atoms with Crippen molar-refractivity contribution in [2.24, 2.45) is 0 Å². The molecule has 0 radical (unpaired) electrons. The van der Waals surface area contributed by atoms with Gasteiger partial charge in [-0.15, -0.1) is 11.3 Å². The third kappa shape index (κ3) is 3.43. The summed E-state index contributed by atoms with van der Waals surface area (Å²) in [6, 6.07) is 10.0. The van der Waals surface area contributed by atoms with Gasteiger partial charge in [-0.05, 0) is 56.0 Å². The summed E-state index contributed by atoms with van der Waals surface area (Å²) in [6.07, 6.45) is 2.68. The number of hydrogen-bond acceptors (Lipinski definition) is 5. The van der Waals surface area contributed by atoms with Gasteiger partial charge in [-0.2, -0.15) is 0 Å². The molecule has 2 aliphatic rings. The molecule has 6 nitrogen and oxygen atoms in total. The maximum Gasteiger partial charge on any atom is 0.273 e. The first-order chi connectivity index (χ1) is 14.1. The van der Waals surface area contributed by atoms with E-state index in [1.54, 1.807) is 19.1 Å². The predicted molar refractivity (Wildman–Crippen MR) is 116 cm³/mol. The zero-order valence-corrected chi connectivity index (χ0v) is 19.3. The van der Waals surface area contributed by atoms with Crippen molar-refractivity contribution in [2.45, 2.75) is 47.8 Å². The van der Waals surface area contributed by atoms with Crippen LogP contribution in [0.5, 0.6) is 0 Å². The van der Waals surface area contributed by atoms with Gasteiger partial charge in [0.15, 0.2) is 0 Å². The number of benzene rings is 1. The number of nitrogens with one attached hydrogen (secondary N) is 1. The average Bonchev–Trinajstić information content (AvgIpc) is 3.08. The third-order valence-corrected chi connectivity index (χ3v) is 9.51. The number of halogens is 2. The van der Waals surface area contributed by atoms with Crippen LogP contribution in [0.3, 0.4) is 0 Å². The highest BCUT2D eigenvalue weighted by molar-refractivity contribution is 7.92. The highest BCUT2D eigenvalue weighted by atomic mass is 35.5. The van der Waals surface area contributed by atoms with Gasteiger partial charge in [0, 0.05) is 11.6 Å². The van der Waals surface area contributed by atoms with Crippen LogP contribution in [0.15, 0.2) is 40.6 Å². The molecule has 2 amide bonds. The monoisotopic (exact) mass is 486 g/mol. The molecule has 160 valence electrons. The topological polar surface area (TPSA) is 83.6 Å². The lowest BCUT2D eigenvalue weighted by molar-refractivity contribution is -0.163. The van der Waals surface area contributed by atoms with Crippen molar-refractivity contribution in [1.82, 2.24) is 9.62 Å². The fourth-order valence-corrected chi connectivity index (χ4v) is 6.71. The summed E-state index contributed by atoms with van der Waals surface area (Å²) in [5, 5.41) is 0.590. The van der Waals surface area contributed by atoms with E-state index in [9.17, 15) is 18.0 Å². The Morgan fingerprint density at radius 3 is 2.20 bits per heavy atom. The molecule has 2 fully saturated rings. The molecular formula is C20H20Cl2N2O4S2. The maximum absolute atomic E-state index is 13.5. The molecule has 0 spiro atoms. The molecule has 1 aromatic carbocycles. The number of amides is 2. The lowest BCUT2D eigenvalue weighted by Crippen LogP contribution is -2.71. The third-order valence-electron chi connectivity index (χ3n) is 6.21. The van der Waals surface area contributed by atoms with E-state index < -0.39 is 26.9 Å². The summed E-state index contributed by atoms with van der Waals surface area (Å²) in [7, 11) is -4.05. The molecule has 0 bridgehead atoms. The lowest BCUT2D eigenvalue weighted by Gasteiger charge is -2.54. The number of hydrogen-bond donors (Lipinski definition) is 1. The first kappa shape index (κ1) is 21.6. The molecular weight excluding hydrogens is 467 g/mol. The summed E-state index contributed by atoms with van der Waals surface area (Å²) in [4.78, 5) is 28.0. The highest BCUT2D eigenvalue weighted by Gasteiger charge is 2.57. The van der Waals surface area contributed by atoms with Gasteiger partial charge in [-0.1, -0.05) is 41.8 Å². The molecule has 4 rings (SSSR count). The number of carbonyl (C=O) groups excluding carboxylic acids is 2. The second kappa shape index (κ2) is 7.51. The Bertz CT molecular complexity index is 1110. The predicted octanol–water partition coefficient (Wildman–Crippen LogP) is 3.97. The molecule has 2 aromatic rings. The van der Waals surface area contributed by atoms with Crippen LogP contribution in [-0.2, 0) is 25.0 Å². The Morgan fingerprint density at radius 1 is 1.07 bits per heavy atom. The zero-order valence-electron chi connectivity index (χ0n) is 16.2. The van der Waals surface area contributed by atoms with E-state index in [1.165, 1.54) is 17.0 Å². The Hall–Kier alpha value is -1.61. The van der Waals surface area contributed by atoms with E-state index >= 15 is 0 Å². The Morgan fingerprint density at radius 2 is 1.73 bits per heavy atom. The van der Waals surface area contributed by atoms with E-state index in [1.807, 2.05) is 12.1 Å². The summed E-state index contributed by atoms with van der Waals surface area (Å²) >= 11 is 12.7. The van der Waals surface area contributed by atoms with Crippen molar-refractivity contribution in [3.63, 3.8) is 0 Å². The average molecular weight is 487 g/mol. The SMILES string of the molecule is CC1(C(=O)NS(=O)(=O)c2ccc(Cl)s2)CCN1C(=O)C1(c2ccc(Cl)cc2)CCC1. The fourth-order valence-electron chi connectivity index (χ4n) is 4.03. The van der Waals surface area contributed by atoms with E-state index in [-0.39, 0.29) is 10.1 Å². The Balaban J connectivity index is 1.56. The number of thiophene rings is 1. The molecule has 1 aliphatic heterocycles. The van der Waals surface area contributed by atoms with Crippen molar-refractivity contribution in [1.29, 1.82) is 0 Å². The van der Waals surface area contributed by atoms with Gasteiger partial charge in [0.25, 0.3) is 15.9 Å². The quantitative estimate of drug-likeness (QED) is 0.692. The molecule has 1 aromatic heterocycles. The van der Waals surface area contributed by atoms with E-state index in [2.05, 4.69) is 4.72 Å². The first-order valence-electron chi connectivity index (χ1n) is 9.49. The van der Waals surface area contributed by atoms with E-state index in [4.69, 9.17) is 23.2 Å². The minimum absolute atomic E-state index is 0.0433. The van der Waals surface area contributed by atoms with Crippen LogP contribution >= 0.6 is 34.5 Å². The minimum Gasteiger partial charge on any atom is -0.327 e. The maximum atomic E-state index is 13.5. The minimum atomic E-state index is -4.05. The van der Waals surface area contributed by atoms with E-state index in [0.717, 1.165) is 23.3 Å². The van der Waals surface area contributed by atoms with Crippen LogP contribution in [0.25, 0.3) is 0 Å². The number of likely N-dealkylation sites (tertiary alicyclic amines) is 1. The van der Waals surface area contributed by atoms with Crippen LogP contribution in [0.1, 0.15) is 38.2 Å². The van der Waals surface area contributed by atoms with Crippen molar-refractivity contribution in [3.8, 4) is 0 Å². The number of rotatable bonds is 5. The Labute approximate surface area is 189 Å². The molecule has 10 heteroatoms. The van der Waals surface area contributed by atoms with Gasteiger partial charge < -0.3 is 4.90 Å². The molecule has 1 saturated heterocycles. The molecule has 2 heterocycles. The number of carbonyl (C=O) groups is 2. The van der Waals surface area contributed by atoms with Crippen molar-refractivity contribution < 1.29 is 18.0 Å². The molecule has 1 aliphatic carbocycles. The van der Waals surface area contributed by atoms with Crippen LogP contribution in [0.4, 0.5) is 0 Å². The second-order valence-corrected chi connectivity index (χ2v) is 12.0. The fraction of sp³-hybridized carbons (Fsp3) is 0.400. The smallest absolute Gasteiger partial charge is 0.273 e. The molecule has 1 atom stereocenters. The zero-order chi connectivity index (χ0) is 21.7. The van der Waals surface area contributed by atoms with E-state index in [0.29, 0.717) is 35.2 Å². The van der Waals surface area contributed by atoms with Gasteiger partial charge in [0.2, 0.25) is 5.91 Å². The standard InChI is InChI=1S/C20H20Cl2N2O4S2/c1-19(17(25)23-30(27,28)16-8-7-15(22)29-16)11-12-24(19)18(26)20(9-2-10-20)13-3-5-14(21)6-4-13/h3-8H,2,9-12H2,1H3,(H,23,25). The summed E-state index contributed by atoms with van der Waals surface area (Å²) in [5.41, 5.74) is -1.04. The van der Waals surface area contributed by atoms with Gasteiger partial charge >= 0.3 is 0 Å². The number of nitrogens with zero attached hydrogens (tertiary/aromatic N) is 1. The van der Waals surface area contributed by atoms with Gasteiger partial charge in [0.1, 0.15) is 9.75 Å². The van der Waals surface area contributed by atoms with Gasteiger partial charge in [-0.25, -0.2) is 13.1 Å². The Kier molecular flexibility index (Phi) is 5.41. The summed E-state index contributed by atoms with van der Waals surface area (Å²) in [5.74, 6) is -0.853. The lowest BCUT2D eigenvalue weighted by atomic mass is 9.62. The molecule has 1 saturated carbocycles. The first-order valence-corrected chi connectivity index (χ1v) is 12.5. The molecule has 30 heavy (non-hydrogen) atoms. The summed E-state index contributed by atoms with van der Waals surface area (Å²) < 4.78 is 27.5. The van der Waals surface area contributed by atoms with Crippen molar-refractivity contribution in [3.05, 3.63) is 51.3 Å². The second-order valence-electron chi connectivity index (χ2n) is 7.92. The molecule has 1 unspecified atom stereocenters. The number of sulfonamides is 1. The van der Waals surface area contributed by atoms with Crippen LogP contribution < -0.4 is 4.72 Å². The summed E-state index contributed by atoms with van der Waals surface area (Å²) in [6.45, 7) is 2.01. The normalized spacial score (nSPS) is 22.7. The van der Waals surface area contributed by atoms with Gasteiger partial charge in [-0.3, -0.25) is 9.59 Å². The molecule has 1 N–H and O–H groups in total. The highest BCUT2D eigenvalue weighted by Crippen LogP contribution is 2.48. The van der Waals surface area contributed by atoms with Crippen molar-refractivity contribution >= 4 is 56.4 Å². The van der Waals surface area contributed by atoms with Crippen molar-refractivity contribution in [2.75, 3.05) is 6.54 Å². The van der Waals surface area contributed by atoms with Crippen LogP contribution in [0.2, 0.25) is 9.36 Å². The largest absolute Gasteiger partial charge is 0.327 e.